The number of halogens is 2. The molecule has 0 fully saturated rings. The number of anilines is 4. The minimum absolute atomic E-state index is 0.0131. The molecule has 5 aromatic rings. The molecule has 1 aromatic heterocycles. The van der Waals surface area contributed by atoms with E-state index in [2.05, 4.69) is 15.6 Å². The first-order valence-corrected chi connectivity index (χ1v) is 12.9. The van der Waals surface area contributed by atoms with Gasteiger partial charge in [0.1, 0.15) is 11.6 Å². The average Bonchev–Trinajstić information content (AvgIpc) is 3.16. The molecule has 0 saturated carbocycles. The fraction of sp³-hybridized carbons (Fsp3) is 0.0312. The molecule has 196 valence electrons. The van der Waals surface area contributed by atoms with Crippen molar-refractivity contribution in [3.05, 3.63) is 137 Å². The van der Waals surface area contributed by atoms with E-state index >= 15 is 4.39 Å². The van der Waals surface area contributed by atoms with Crippen LogP contribution in [0.4, 0.5) is 27.3 Å². The Labute approximate surface area is 235 Å². The molecule has 2 heterocycles. The highest BCUT2D eigenvalue weighted by molar-refractivity contribution is 6.35. The number of benzene rings is 4. The highest BCUT2D eigenvalue weighted by Gasteiger charge is 2.28. The predicted molar refractivity (Wildman–Crippen MR) is 156 cm³/mol. The zero-order chi connectivity index (χ0) is 27.6. The number of carbonyl (C=O) groups is 2. The Balaban J connectivity index is 1.31. The van der Waals surface area contributed by atoms with E-state index in [1.807, 2.05) is 66.7 Å². The van der Waals surface area contributed by atoms with E-state index in [4.69, 9.17) is 11.6 Å². The smallest absolute Gasteiger partial charge is 0.260 e. The zero-order valence-electron chi connectivity index (χ0n) is 21.1. The van der Waals surface area contributed by atoms with Crippen LogP contribution in [0.25, 0.3) is 11.1 Å². The first kappa shape index (κ1) is 25.3. The lowest BCUT2D eigenvalue weighted by molar-refractivity contribution is 0.0984. The van der Waals surface area contributed by atoms with Crippen LogP contribution >= 0.6 is 11.6 Å². The van der Waals surface area contributed by atoms with Gasteiger partial charge in [0.2, 0.25) is 0 Å². The second kappa shape index (κ2) is 10.6. The van der Waals surface area contributed by atoms with Crippen LogP contribution in [0, 0.1) is 5.82 Å². The summed E-state index contributed by atoms with van der Waals surface area (Å²) in [6.45, 7) is 0.207. The molecule has 6 rings (SSSR count). The van der Waals surface area contributed by atoms with Crippen LogP contribution in [0.5, 0.6) is 0 Å². The largest absolute Gasteiger partial charge is 0.338 e. The number of nitrogens with zero attached hydrogens (tertiary/aromatic N) is 2. The first-order valence-electron chi connectivity index (χ1n) is 12.6. The van der Waals surface area contributed by atoms with Crippen molar-refractivity contribution in [1.29, 1.82) is 0 Å². The van der Waals surface area contributed by atoms with E-state index in [0.717, 1.165) is 17.2 Å². The van der Waals surface area contributed by atoms with E-state index in [9.17, 15) is 9.59 Å². The molecule has 6 nitrogen and oxygen atoms in total. The summed E-state index contributed by atoms with van der Waals surface area (Å²) in [7, 11) is 0. The summed E-state index contributed by atoms with van der Waals surface area (Å²) in [4.78, 5) is 32.9. The summed E-state index contributed by atoms with van der Waals surface area (Å²) < 4.78 is 15.4. The highest BCUT2D eigenvalue weighted by Crippen LogP contribution is 2.37. The molecular weight excluding hydrogens is 527 g/mol. The topological polar surface area (TPSA) is 74.3 Å². The van der Waals surface area contributed by atoms with Gasteiger partial charge in [-0.15, -0.1) is 0 Å². The van der Waals surface area contributed by atoms with Crippen LogP contribution < -0.4 is 15.5 Å². The van der Waals surface area contributed by atoms with Gasteiger partial charge in [0, 0.05) is 17.3 Å². The van der Waals surface area contributed by atoms with Crippen LogP contribution in [0.1, 0.15) is 26.3 Å². The van der Waals surface area contributed by atoms with Crippen molar-refractivity contribution in [2.24, 2.45) is 0 Å². The Kier molecular flexibility index (Phi) is 6.72. The quantitative estimate of drug-likeness (QED) is 0.241. The van der Waals surface area contributed by atoms with Crippen LogP contribution in [0.3, 0.4) is 0 Å². The number of nitrogens with one attached hydrogen (secondary N) is 2. The summed E-state index contributed by atoms with van der Waals surface area (Å²) in [5, 5.41) is 5.90. The minimum atomic E-state index is -0.776. The summed E-state index contributed by atoms with van der Waals surface area (Å²) in [5.74, 6) is -1.12. The molecule has 0 unspecified atom stereocenters. The van der Waals surface area contributed by atoms with Gasteiger partial charge in [-0.05, 0) is 47.5 Å². The molecule has 0 bridgehead atoms. The number of hydrogen-bond donors (Lipinski definition) is 2. The molecule has 0 saturated heterocycles. The molecule has 2 amide bonds. The summed E-state index contributed by atoms with van der Waals surface area (Å²) in [5.41, 5.74) is 3.89. The van der Waals surface area contributed by atoms with E-state index in [-0.39, 0.29) is 22.8 Å². The van der Waals surface area contributed by atoms with Gasteiger partial charge in [0.05, 0.1) is 34.2 Å². The lowest BCUT2D eigenvalue weighted by atomic mass is 9.99. The fourth-order valence-corrected chi connectivity index (χ4v) is 4.99. The molecule has 8 heteroatoms. The summed E-state index contributed by atoms with van der Waals surface area (Å²) >= 11 is 6.55. The molecule has 2 N–H and O–H groups in total. The third-order valence-corrected chi connectivity index (χ3v) is 7.02. The van der Waals surface area contributed by atoms with Crippen molar-refractivity contribution in [2.45, 2.75) is 6.54 Å². The number of fused-ring (bicyclic) bond motifs is 2. The lowest BCUT2D eigenvalue weighted by Crippen LogP contribution is -2.30. The van der Waals surface area contributed by atoms with Gasteiger partial charge >= 0.3 is 0 Å². The second-order valence-corrected chi connectivity index (χ2v) is 9.63. The fourth-order valence-electron chi connectivity index (χ4n) is 4.75. The monoisotopic (exact) mass is 548 g/mol. The van der Waals surface area contributed by atoms with E-state index in [0.29, 0.717) is 28.3 Å². The van der Waals surface area contributed by atoms with Crippen LogP contribution in [0.2, 0.25) is 5.02 Å². The van der Waals surface area contributed by atoms with Crippen molar-refractivity contribution in [1.82, 2.24) is 4.98 Å². The second-order valence-electron chi connectivity index (χ2n) is 9.22. The SMILES string of the molecule is O=C(Nc1cc(Cl)c(C(=O)N2Cc3cccnc3Nc3ccccc32)cc1F)c1ccccc1-c1ccccc1. The minimum Gasteiger partial charge on any atom is -0.338 e. The molecule has 0 radical (unpaired) electrons. The van der Waals surface area contributed by atoms with Crippen LogP contribution in [-0.2, 0) is 6.54 Å². The Morgan fingerprint density at radius 2 is 1.62 bits per heavy atom. The number of aromatic nitrogens is 1. The van der Waals surface area contributed by atoms with Crippen molar-refractivity contribution < 1.29 is 14.0 Å². The van der Waals surface area contributed by atoms with Gasteiger partial charge in [-0.3, -0.25) is 9.59 Å². The predicted octanol–water partition coefficient (Wildman–Crippen LogP) is 7.70. The Bertz CT molecular complexity index is 1760. The summed E-state index contributed by atoms with van der Waals surface area (Å²) in [6, 6.07) is 29.8. The molecule has 1 aliphatic heterocycles. The van der Waals surface area contributed by atoms with Crippen molar-refractivity contribution >= 4 is 46.3 Å². The van der Waals surface area contributed by atoms with E-state index in [1.54, 1.807) is 30.5 Å². The number of carbonyl (C=O) groups excluding carboxylic acids is 2. The van der Waals surface area contributed by atoms with Gasteiger partial charge in [-0.1, -0.05) is 78.3 Å². The molecule has 0 atom stereocenters. The van der Waals surface area contributed by atoms with Crippen molar-refractivity contribution in [3.63, 3.8) is 0 Å². The maximum Gasteiger partial charge on any atom is 0.260 e. The molecule has 1 aliphatic rings. The van der Waals surface area contributed by atoms with Gasteiger partial charge in [-0.2, -0.15) is 0 Å². The maximum atomic E-state index is 15.4. The molecule has 40 heavy (non-hydrogen) atoms. The standard InChI is InChI=1S/C32H22ClFN4O2/c33-25-18-28(37-31(39)23-13-5-4-12-22(23)20-9-2-1-3-10-20)26(34)17-24(25)32(40)38-19-21-11-8-16-35-30(21)36-27-14-6-7-15-29(27)38/h1-18H,19H2,(H,35,36)(H,37,39). The average molecular weight is 549 g/mol. The first-order chi connectivity index (χ1) is 19.5. The lowest BCUT2D eigenvalue weighted by Gasteiger charge is -2.23. The third-order valence-electron chi connectivity index (χ3n) is 6.70. The van der Waals surface area contributed by atoms with Gasteiger partial charge in [0.15, 0.2) is 0 Å². The Morgan fingerprint density at radius 3 is 2.48 bits per heavy atom. The van der Waals surface area contributed by atoms with Gasteiger partial charge in [-0.25, -0.2) is 9.37 Å². The number of amides is 2. The normalized spacial score (nSPS) is 12.0. The zero-order valence-corrected chi connectivity index (χ0v) is 21.8. The third kappa shape index (κ3) is 4.79. The highest BCUT2D eigenvalue weighted by atomic mass is 35.5. The van der Waals surface area contributed by atoms with Gasteiger partial charge < -0.3 is 15.5 Å². The van der Waals surface area contributed by atoms with Gasteiger partial charge in [0.25, 0.3) is 11.8 Å². The number of hydrogen-bond acceptors (Lipinski definition) is 4. The van der Waals surface area contributed by atoms with E-state index in [1.165, 1.54) is 11.0 Å². The molecule has 0 spiro atoms. The van der Waals surface area contributed by atoms with Crippen LogP contribution in [0.15, 0.2) is 109 Å². The maximum absolute atomic E-state index is 15.4. The van der Waals surface area contributed by atoms with Crippen molar-refractivity contribution in [3.8, 4) is 11.1 Å². The molecule has 0 aliphatic carbocycles. The Hall–Kier alpha value is -5.01. The molecular formula is C32H22ClFN4O2. The van der Waals surface area contributed by atoms with Crippen LogP contribution in [-0.4, -0.2) is 16.8 Å². The van der Waals surface area contributed by atoms with Crippen molar-refractivity contribution in [2.75, 3.05) is 15.5 Å². The number of para-hydroxylation sites is 2. The molecule has 4 aromatic carbocycles. The number of pyridine rings is 1. The number of rotatable bonds is 4. The Morgan fingerprint density at radius 1 is 0.875 bits per heavy atom. The summed E-state index contributed by atoms with van der Waals surface area (Å²) in [6.07, 6.45) is 1.67. The van der Waals surface area contributed by atoms with E-state index < -0.39 is 17.6 Å².